The third-order valence-corrected chi connectivity index (χ3v) is 4.00. The van der Waals surface area contributed by atoms with E-state index in [0.717, 1.165) is 10.2 Å². The molecule has 2 aromatic rings. The number of nitriles is 1. The molecule has 0 fully saturated rings. The standard InChI is InChI=1S/C14H12BrN3OS/c1-9(17-12-4-2-11(15)3-5-12)13(19)18-14-10(8-16)6-7-20-14/h2-7,9,17H,1H3,(H,18,19)/t9-/m0/s1. The smallest absolute Gasteiger partial charge is 0.247 e. The van der Waals surface area contributed by atoms with Crippen LogP contribution >= 0.6 is 27.3 Å². The lowest BCUT2D eigenvalue weighted by Crippen LogP contribution is -2.31. The fraction of sp³-hybridized carbons (Fsp3) is 0.143. The summed E-state index contributed by atoms with van der Waals surface area (Å²) in [6.07, 6.45) is 0. The van der Waals surface area contributed by atoms with E-state index in [1.54, 1.807) is 18.4 Å². The van der Waals surface area contributed by atoms with E-state index in [1.807, 2.05) is 30.3 Å². The minimum Gasteiger partial charge on any atom is -0.374 e. The lowest BCUT2D eigenvalue weighted by molar-refractivity contribution is -0.116. The van der Waals surface area contributed by atoms with Gasteiger partial charge >= 0.3 is 0 Å². The molecule has 20 heavy (non-hydrogen) atoms. The molecular weight excluding hydrogens is 338 g/mol. The van der Waals surface area contributed by atoms with E-state index in [1.165, 1.54) is 11.3 Å². The fourth-order valence-electron chi connectivity index (χ4n) is 1.58. The summed E-state index contributed by atoms with van der Waals surface area (Å²) >= 11 is 4.70. The van der Waals surface area contributed by atoms with Crippen LogP contribution in [0.2, 0.25) is 0 Å². The number of amides is 1. The van der Waals surface area contributed by atoms with Gasteiger partial charge in [-0.3, -0.25) is 4.79 Å². The van der Waals surface area contributed by atoms with E-state index in [0.29, 0.717) is 10.6 Å². The van der Waals surface area contributed by atoms with Gasteiger partial charge in [0.25, 0.3) is 0 Å². The van der Waals surface area contributed by atoms with Crippen LogP contribution in [-0.2, 0) is 4.79 Å². The maximum absolute atomic E-state index is 12.1. The normalized spacial score (nSPS) is 11.4. The number of halogens is 1. The monoisotopic (exact) mass is 349 g/mol. The van der Waals surface area contributed by atoms with E-state index in [2.05, 4.69) is 26.6 Å². The molecule has 0 saturated carbocycles. The first-order valence-electron chi connectivity index (χ1n) is 5.90. The third kappa shape index (κ3) is 3.59. The van der Waals surface area contributed by atoms with Gasteiger partial charge in [-0.05, 0) is 42.6 Å². The molecule has 0 aliphatic heterocycles. The van der Waals surface area contributed by atoms with Crippen LogP contribution in [0.3, 0.4) is 0 Å². The van der Waals surface area contributed by atoms with Crippen molar-refractivity contribution >= 4 is 43.9 Å². The van der Waals surface area contributed by atoms with Crippen LogP contribution in [0, 0.1) is 11.3 Å². The Bertz CT molecular complexity index is 645. The average molecular weight is 350 g/mol. The number of nitrogens with one attached hydrogen (secondary N) is 2. The largest absolute Gasteiger partial charge is 0.374 e. The first-order chi connectivity index (χ1) is 9.60. The maximum Gasteiger partial charge on any atom is 0.247 e. The lowest BCUT2D eigenvalue weighted by Gasteiger charge is -2.14. The first kappa shape index (κ1) is 14.6. The Morgan fingerprint density at radius 2 is 2.05 bits per heavy atom. The summed E-state index contributed by atoms with van der Waals surface area (Å²) in [6.45, 7) is 1.77. The molecule has 2 N–H and O–H groups in total. The highest BCUT2D eigenvalue weighted by atomic mass is 79.9. The number of carbonyl (C=O) groups is 1. The molecular formula is C14H12BrN3OS. The van der Waals surface area contributed by atoms with Crippen LogP contribution in [0.25, 0.3) is 0 Å². The van der Waals surface area contributed by atoms with Crippen molar-refractivity contribution in [2.75, 3.05) is 10.6 Å². The fourth-order valence-corrected chi connectivity index (χ4v) is 2.58. The molecule has 6 heteroatoms. The Balaban J connectivity index is 1.99. The molecule has 0 saturated heterocycles. The van der Waals surface area contributed by atoms with Gasteiger partial charge in [-0.15, -0.1) is 11.3 Å². The Labute approximate surface area is 129 Å². The van der Waals surface area contributed by atoms with Gasteiger partial charge in [-0.25, -0.2) is 0 Å². The minimum absolute atomic E-state index is 0.174. The number of thiophene rings is 1. The lowest BCUT2D eigenvalue weighted by atomic mass is 10.2. The molecule has 4 nitrogen and oxygen atoms in total. The van der Waals surface area contributed by atoms with Crippen molar-refractivity contribution in [3.8, 4) is 6.07 Å². The predicted molar refractivity (Wildman–Crippen MR) is 84.9 cm³/mol. The van der Waals surface area contributed by atoms with Crippen molar-refractivity contribution in [3.63, 3.8) is 0 Å². The molecule has 0 bridgehead atoms. The number of nitrogens with zero attached hydrogens (tertiary/aromatic N) is 1. The molecule has 2 rings (SSSR count). The Morgan fingerprint density at radius 1 is 1.35 bits per heavy atom. The molecule has 1 aromatic carbocycles. The molecule has 0 spiro atoms. The van der Waals surface area contributed by atoms with Crippen LogP contribution in [-0.4, -0.2) is 11.9 Å². The van der Waals surface area contributed by atoms with Crippen molar-refractivity contribution in [3.05, 3.63) is 45.7 Å². The van der Waals surface area contributed by atoms with Crippen molar-refractivity contribution in [1.82, 2.24) is 0 Å². The highest BCUT2D eigenvalue weighted by molar-refractivity contribution is 9.10. The van der Waals surface area contributed by atoms with Crippen LogP contribution in [0.5, 0.6) is 0 Å². The molecule has 1 atom stereocenters. The summed E-state index contributed by atoms with van der Waals surface area (Å²) in [5, 5.41) is 17.1. The molecule has 1 amide bonds. The Morgan fingerprint density at radius 3 is 2.70 bits per heavy atom. The second kappa shape index (κ2) is 6.55. The zero-order valence-electron chi connectivity index (χ0n) is 10.7. The molecule has 0 radical (unpaired) electrons. The molecule has 102 valence electrons. The van der Waals surface area contributed by atoms with Crippen LogP contribution in [0.1, 0.15) is 12.5 Å². The number of carbonyl (C=O) groups excluding carboxylic acids is 1. The van der Waals surface area contributed by atoms with Gasteiger partial charge in [-0.2, -0.15) is 5.26 Å². The highest BCUT2D eigenvalue weighted by Gasteiger charge is 2.15. The highest BCUT2D eigenvalue weighted by Crippen LogP contribution is 2.22. The van der Waals surface area contributed by atoms with E-state index in [4.69, 9.17) is 5.26 Å². The predicted octanol–water partition coefficient (Wildman–Crippen LogP) is 3.82. The number of rotatable bonds is 4. The van der Waals surface area contributed by atoms with Crippen molar-refractivity contribution in [2.24, 2.45) is 0 Å². The quantitative estimate of drug-likeness (QED) is 0.881. The summed E-state index contributed by atoms with van der Waals surface area (Å²) in [6, 6.07) is 10.9. The number of anilines is 2. The van der Waals surface area contributed by atoms with Crippen LogP contribution < -0.4 is 10.6 Å². The zero-order valence-corrected chi connectivity index (χ0v) is 13.1. The number of hydrogen-bond donors (Lipinski definition) is 2. The van der Waals surface area contributed by atoms with Gasteiger partial charge in [0.2, 0.25) is 5.91 Å². The number of benzene rings is 1. The van der Waals surface area contributed by atoms with E-state index in [9.17, 15) is 4.79 Å². The first-order valence-corrected chi connectivity index (χ1v) is 7.58. The third-order valence-electron chi connectivity index (χ3n) is 2.64. The van der Waals surface area contributed by atoms with Gasteiger partial charge in [0, 0.05) is 10.2 Å². The summed E-state index contributed by atoms with van der Waals surface area (Å²) in [5.74, 6) is -0.174. The van der Waals surface area contributed by atoms with Crippen LogP contribution in [0.4, 0.5) is 10.7 Å². The second-order valence-corrected chi connectivity index (χ2v) is 5.97. The summed E-state index contributed by atoms with van der Waals surface area (Å²) in [5.41, 5.74) is 1.35. The second-order valence-electron chi connectivity index (χ2n) is 4.14. The van der Waals surface area contributed by atoms with Gasteiger partial charge in [-0.1, -0.05) is 15.9 Å². The molecule has 0 aliphatic rings. The van der Waals surface area contributed by atoms with E-state index in [-0.39, 0.29) is 5.91 Å². The minimum atomic E-state index is -0.398. The van der Waals surface area contributed by atoms with Gasteiger partial charge < -0.3 is 10.6 Å². The molecule has 0 aliphatic carbocycles. The van der Waals surface area contributed by atoms with Gasteiger partial charge in [0.15, 0.2) is 0 Å². The van der Waals surface area contributed by atoms with E-state index >= 15 is 0 Å². The molecule has 1 aromatic heterocycles. The summed E-state index contributed by atoms with van der Waals surface area (Å²) in [7, 11) is 0. The summed E-state index contributed by atoms with van der Waals surface area (Å²) < 4.78 is 0.984. The van der Waals surface area contributed by atoms with Crippen LogP contribution in [0.15, 0.2) is 40.2 Å². The van der Waals surface area contributed by atoms with Gasteiger partial charge in [0.1, 0.15) is 17.1 Å². The maximum atomic E-state index is 12.1. The van der Waals surface area contributed by atoms with Crippen molar-refractivity contribution in [1.29, 1.82) is 5.26 Å². The number of hydrogen-bond acceptors (Lipinski definition) is 4. The Hall–Kier alpha value is -1.84. The van der Waals surface area contributed by atoms with Gasteiger partial charge in [0.05, 0.1) is 5.56 Å². The Kier molecular flexibility index (Phi) is 4.77. The van der Waals surface area contributed by atoms with Crippen molar-refractivity contribution in [2.45, 2.75) is 13.0 Å². The zero-order chi connectivity index (χ0) is 14.5. The SMILES string of the molecule is C[C@H](Nc1ccc(Br)cc1)C(=O)Nc1sccc1C#N. The van der Waals surface area contributed by atoms with Crippen molar-refractivity contribution < 1.29 is 4.79 Å². The topological polar surface area (TPSA) is 64.9 Å². The average Bonchev–Trinajstić information content (AvgIpc) is 2.88. The molecule has 1 heterocycles. The molecule has 0 unspecified atom stereocenters. The van der Waals surface area contributed by atoms with E-state index < -0.39 is 6.04 Å². The summed E-state index contributed by atoms with van der Waals surface area (Å²) in [4.78, 5) is 12.1.